The third-order valence-corrected chi connectivity index (χ3v) is 4.04. The number of nitro benzene ring substituents is 1. The van der Waals surface area contributed by atoms with Crippen LogP contribution in [-0.2, 0) is 14.3 Å². The van der Waals surface area contributed by atoms with Gasteiger partial charge in [-0.15, -0.1) is 6.42 Å². The summed E-state index contributed by atoms with van der Waals surface area (Å²) in [6.45, 7) is 6.73. The van der Waals surface area contributed by atoms with Gasteiger partial charge in [-0.05, 0) is 43.6 Å². The molecular formula is C16H19BrN2O5. The van der Waals surface area contributed by atoms with Gasteiger partial charge in [-0.1, -0.05) is 5.92 Å². The number of anilines is 1. The summed E-state index contributed by atoms with van der Waals surface area (Å²) >= 11 is 3.30. The van der Waals surface area contributed by atoms with Crippen molar-refractivity contribution < 1.29 is 19.2 Å². The topological polar surface area (TPSA) is 105 Å². The Bertz CT molecular complexity index is 732. The van der Waals surface area contributed by atoms with E-state index in [9.17, 15) is 14.9 Å². The number of nitro groups is 1. The first-order valence-electron chi connectivity index (χ1n) is 6.94. The minimum absolute atomic E-state index is 0.0914. The van der Waals surface area contributed by atoms with Gasteiger partial charge in [-0.3, -0.25) is 10.1 Å². The van der Waals surface area contributed by atoms with Crippen LogP contribution >= 0.6 is 15.9 Å². The zero-order chi connectivity index (χ0) is 18.8. The summed E-state index contributed by atoms with van der Waals surface area (Å²) in [5.41, 5.74) is 5.12. The highest BCUT2D eigenvalue weighted by molar-refractivity contribution is 9.10. The summed E-state index contributed by atoms with van der Waals surface area (Å²) in [6.07, 6.45) is 4.24. The molecule has 0 unspecified atom stereocenters. The summed E-state index contributed by atoms with van der Waals surface area (Å²) in [6, 6.07) is 0. The van der Waals surface area contributed by atoms with Crippen LogP contribution in [0.15, 0.2) is 4.47 Å². The molecule has 0 saturated heterocycles. The molecule has 0 amide bonds. The summed E-state index contributed by atoms with van der Waals surface area (Å²) in [5, 5.41) is 11.4. The molecule has 0 heterocycles. The first-order chi connectivity index (χ1) is 11.0. The van der Waals surface area contributed by atoms with Gasteiger partial charge in [0, 0.05) is 15.6 Å². The maximum atomic E-state index is 12.2. The van der Waals surface area contributed by atoms with Gasteiger partial charge >= 0.3 is 5.97 Å². The van der Waals surface area contributed by atoms with E-state index in [2.05, 4.69) is 21.9 Å². The molecule has 0 radical (unpaired) electrons. The SMILES string of the molecule is C#Cc1c(N)c([N+](=O)[O-])c(C)c([C@H](OC(C)(C)C)C(=O)OC)c1Br. The number of halogens is 1. The number of carbonyl (C=O) groups is 1. The van der Waals surface area contributed by atoms with E-state index in [-0.39, 0.29) is 28.1 Å². The second kappa shape index (κ2) is 7.20. The number of methoxy groups -OCH3 is 1. The van der Waals surface area contributed by atoms with Gasteiger partial charge in [0.05, 0.1) is 23.2 Å². The molecule has 24 heavy (non-hydrogen) atoms. The van der Waals surface area contributed by atoms with E-state index in [1.165, 1.54) is 14.0 Å². The minimum Gasteiger partial charge on any atom is -0.467 e. The maximum absolute atomic E-state index is 12.2. The summed E-state index contributed by atoms with van der Waals surface area (Å²) in [5.74, 6) is 1.62. The van der Waals surface area contributed by atoms with Crippen molar-refractivity contribution in [3.63, 3.8) is 0 Å². The largest absolute Gasteiger partial charge is 0.467 e. The standard InChI is InChI=1S/C16H19BrN2O5/c1-7-9-11(17)10(8(2)13(12(9)18)19(21)22)14(15(20)23-6)24-16(3,4)5/h1,14H,18H2,2-6H3/t14-/m0/s1. The predicted molar refractivity (Wildman–Crippen MR) is 93.5 cm³/mol. The molecule has 0 saturated carbocycles. The van der Waals surface area contributed by atoms with E-state index in [0.717, 1.165) is 0 Å². The molecule has 1 rings (SSSR count). The predicted octanol–water partition coefficient (Wildman–Crippen LogP) is 3.26. The fourth-order valence-corrected chi connectivity index (χ4v) is 3.07. The van der Waals surface area contributed by atoms with Gasteiger partial charge in [0.2, 0.25) is 0 Å². The van der Waals surface area contributed by atoms with Crippen molar-refractivity contribution in [2.24, 2.45) is 0 Å². The third kappa shape index (κ3) is 3.86. The second-order valence-corrected chi connectivity index (χ2v) is 6.82. The van der Waals surface area contributed by atoms with Crippen molar-refractivity contribution in [1.29, 1.82) is 0 Å². The summed E-state index contributed by atoms with van der Waals surface area (Å²) in [7, 11) is 1.21. The van der Waals surface area contributed by atoms with Crippen LogP contribution in [0.4, 0.5) is 11.4 Å². The number of ether oxygens (including phenoxy) is 2. The number of nitrogens with zero attached hydrogens (tertiary/aromatic N) is 1. The molecule has 0 aliphatic carbocycles. The molecule has 0 spiro atoms. The van der Waals surface area contributed by atoms with Crippen LogP contribution in [0.5, 0.6) is 0 Å². The van der Waals surface area contributed by atoms with Crippen LogP contribution in [0.2, 0.25) is 0 Å². The van der Waals surface area contributed by atoms with Crippen molar-refractivity contribution in [1.82, 2.24) is 0 Å². The Morgan fingerprint density at radius 3 is 2.38 bits per heavy atom. The molecule has 0 fully saturated rings. The lowest BCUT2D eigenvalue weighted by Gasteiger charge is -2.28. The second-order valence-electron chi connectivity index (χ2n) is 6.02. The first-order valence-corrected chi connectivity index (χ1v) is 7.73. The van der Waals surface area contributed by atoms with Crippen LogP contribution < -0.4 is 5.73 Å². The van der Waals surface area contributed by atoms with Crippen LogP contribution in [0, 0.1) is 29.4 Å². The van der Waals surface area contributed by atoms with Gasteiger partial charge < -0.3 is 15.2 Å². The number of hydrogen-bond acceptors (Lipinski definition) is 6. The van der Waals surface area contributed by atoms with Crippen molar-refractivity contribution >= 4 is 33.3 Å². The lowest BCUT2D eigenvalue weighted by atomic mass is 9.96. The van der Waals surface area contributed by atoms with Gasteiger partial charge in [-0.25, -0.2) is 4.79 Å². The Morgan fingerprint density at radius 1 is 1.46 bits per heavy atom. The first kappa shape index (κ1) is 19.9. The number of terminal acetylenes is 1. The number of rotatable bonds is 4. The Morgan fingerprint density at radius 2 is 2.00 bits per heavy atom. The maximum Gasteiger partial charge on any atom is 0.339 e. The Hall–Kier alpha value is -2.11. The molecule has 0 aliphatic heterocycles. The van der Waals surface area contributed by atoms with Crippen molar-refractivity contribution in [3.8, 4) is 12.3 Å². The minimum atomic E-state index is -1.20. The van der Waals surface area contributed by atoms with Crippen molar-refractivity contribution in [2.75, 3.05) is 12.8 Å². The molecule has 1 aromatic rings. The number of carbonyl (C=O) groups excluding carboxylic acids is 1. The van der Waals surface area contributed by atoms with Crippen LogP contribution in [-0.4, -0.2) is 23.6 Å². The molecule has 0 aliphatic rings. The molecule has 1 atom stereocenters. The quantitative estimate of drug-likeness (QED) is 0.274. The normalized spacial score (nSPS) is 12.4. The Balaban J connectivity index is 3.83. The van der Waals surface area contributed by atoms with Crippen LogP contribution in [0.3, 0.4) is 0 Å². The van der Waals surface area contributed by atoms with E-state index >= 15 is 0 Å². The monoisotopic (exact) mass is 398 g/mol. The van der Waals surface area contributed by atoms with Gasteiger partial charge in [0.1, 0.15) is 5.69 Å². The highest BCUT2D eigenvalue weighted by Gasteiger charge is 2.36. The van der Waals surface area contributed by atoms with E-state index < -0.39 is 22.6 Å². The van der Waals surface area contributed by atoms with Crippen LogP contribution in [0.25, 0.3) is 0 Å². The highest BCUT2D eigenvalue weighted by Crippen LogP contribution is 2.43. The molecule has 1 aromatic carbocycles. The fourth-order valence-electron chi connectivity index (χ4n) is 2.24. The van der Waals surface area contributed by atoms with E-state index in [0.29, 0.717) is 4.47 Å². The van der Waals surface area contributed by atoms with E-state index in [4.69, 9.17) is 21.6 Å². The number of nitrogen functional groups attached to an aromatic ring is 1. The lowest BCUT2D eigenvalue weighted by Crippen LogP contribution is -2.29. The van der Waals surface area contributed by atoms with Crippen molar-refractivity contribution in [2.45, 2.75) is 39.4 Å². The van der Waals surface area contributed by atoms with Crippen LogP contribution in [0.1, 0.15) is 43.6 Å². The smallest absolute Gasteiger partial charge is 0.339 e. The molecular weight excluding hydrogens is 380 g/mol. The zero-order valence-corrected chi connectivity index (χ0v) is 15.7. The fraction of sp³-hybridized carbons (Fsp3) is 0.438. The number of nitrogens with two attached hydrogens (primary N) is 1. The average molecular weight is 399 g/mol. The number of hydrogen-bond donors (Lipinski definition) is 1. The van der Waals surface area contributed by atoms with Crippen molar-refractivity contribution in [3.05, 3.63) is 31.3 Å². The highest BCUT2D eigenvalue weighted by atomic mass is 79.9. The molecule has 0 bridgehead atoms. The number of esters is 1. The molecule has 2 N–H and O–H groups in total. The average Bonchev–Trinajstić information content (AvgIpc) is 2.44. The van der Waals surface area contributed by atoms with Gasteiger partial charge in [-0.2, -0.15) is 0 Å². The third-order valence-electron chi connectivity index (χ3n) is 3.22. The lowest BCUT2D eigenvalue weighted by molar-refractivity contribution is -0.384. The summed E-state index contributed by atoms with van der Waals surface area (Å²) in [4.78, 5) is 23.0. The van der Waals surface area contributed by atoms with Gasteiger partial charge in [0.25, 0.3) is 5.69 Å². The van der Waals surface area contributed by atoms with E-state index in [1.54, 1.807) is 20.8 Å². The number of benzene rings is 1. The summed E-state index contributed by atoms with van der Waals surface area (Å²) < 4.78 is 10.9. The molecule has 7 nitrogen and oxygen atoms in total. The Labute approximate surface area is 148 Å². The molecule has 0 aromatic heterocycles. The zero-order valence-electron chi connectivity index (χ0n) is 14.1. The van der Waals surface area contributed by atoms with E-state index in [1.807, 2.05) is 0 Å². The Kier molecular flexibility index (Phi) is 5.98. The molecule has 8 heteroatoms. The molecule has 130 valence electrons. The van der Waals surface area contributed by atoms with Gasteiger partial charge in [0.15, 0.2) is 6.10 Å².